The van der Waals surface area contributed by atoms with Gasteiger partial charge in [-0.25, -0.2) is 14.1 Å². The minimum Gasteiger partial charge on any atom is -0.494 e. The molecule has 3 aromatic carbocycles. The van der Waals surface area contributed by atoms with Crippen molar-refractivity contribution in [2.24, 2.45) is 0 Å². The van der Waals surface area contributed by atoms with Crippen LogP contribution >= 0.6 is 23.2 Å². The summed E-state index contributed by atoms with van der Waals surface area (Å²) < 4.78 is 30.7. The molecule has 0 aromatic heterocycles. The van der Waals surface area contributed by atoms with E-state index >= 15 is 0 Å². The quantitative estimate of drug-likeness (QED) is 0.243. The molecule has 202 valence electrons. The van der Waals surface area contributed by atoms with Gasteiger partial charge in [-0.2, -0.15) is 0 Å². The maximum absolute atomic E-state index is 13.9. The second-order valence-corrected chi connectivity index (χ2v) is 8.96. The summed E-state index contributed by atoms with van der Waals surface area (Å²) in [5, 5.41) is 2.32. The number of carbonyl (C=O) groups excluding carboxylic acids is 3. The zero-order chi connectivity index (χ0) is 28.1. The third-order valence-corrected chi connectivity index (χ3v) is 6.11. The Balaban J connectivity index is 1.66. The maximum Gasteiger partial charge on any atom is 0.336 e. The topological polar surface area (TPSA) is 94.2 Å². The molecule has 3 aromatic rings. The van der Waals surface area contributed by atoms with Gasteiger partial charge in [0, 0.05) is 11.6 Å². The van der Waals surface area contributed by atoms with Crippen molar-refractivity contribution in [2.75, 3.05) is 18.1 Å². The number of barbiturate groups is 1. The zero-order valence-electron chi connectivity index (χ0n) is 20.9. The van der Waals surface area contributed by atoms with Crippen LogP contribution in [0.3, 0.4) is 0 Å². The lowest BCUT2D eigenvalue weighted by molar-refractivity contribution is -0.122. The Bertz CT molecular complexity index is 1450. The van der Waals surface area contributed by atoms with E-state index in [9.17, 15) is 18.8 Å². The van der Waals surface area contributed by atoms with Gasteiger partial charge in [0.2, 0.25) is 0 Å². The Labute approximate surface area is 233 Å². The summed E-state index contributed by atoms with van der Waals surface area (Å²) in [4.78, 5) is 39.7. The summed E-state index contributed by atoms with van der Waals surface area (Å²) in [6, 6.07) is 12.7. The molecule has 4 amide bonds. The number of urea groups is 1. The van der Waals surface area contributed by atoms with E-state index in [0.29, 0.717) is 23.5 Å². The van der Waals surface area contributed by atoms with Crippen molar-refractivity contribution in [3.8, 4) is 17.2 Å². The Morgan fingerprint density at radius 1 is 0.923 bits per heavy atom. The highest BCUT2D eigenvalue weighted by atomic mass is 35.5. The Morgan fingerprint density at radius 2 is 1.62 bits per heavy atom. The van der Waals surface area contributed by atoms with Crippen LogP contribution < -0.4 is 24.4 Å². The van der Waals surface area contributed by atoms with E-state index in [4.69, 9.17) is 37.4 Å². The molecular formula is C28H23Cl2FN2O6. The lowest BCUT2D eigenvalue weighted by Gasteiger charge is -2.28. The van der Waals surface area contributed by atoms with Crippen molar-refractivity contribution in [2.45, 2.75) is 20.5 Å². The Morgan fingerprint density at radius 3 is 2.28 bits per heavy atom. The van der Waals surface area contributed by atoms with E-state index in [2.05, 4.69) is 5.32 Å². The zero-order valence-corrected chi connectivity index (χ0v) is 22.4. The van der Waals surface area contributed by atoms with Crippen molar-refractivity contribution in [3.05, 3.63) is 87.2 Å². The van der Waals surface area contributed by atoms with Gasteiger partial charge in [0.15, 0.2) is 5.75 Å². The van der Waals surface area contributed by atoms with E-state index in [0.717, 1.165) is 4.90 Å². The van der Waals surface area contributed by atoms with E-state index in [1.54, 1.807) is 44.2 Å². The molecule has 1 fully saturated rings. The van der Waals surface area contributed by atoms with E-state index in [-0.39, 0.29) is 46.0 Å². The van der Waals surface area contributed by atoms with E-state index < -0.39 is 23.7 Å². The first-order chi connectivity index (χ1) is 18.7. The van der Waals surface area contributed by atoms with Crippen molar-refractivity contribution in [1.29, 1.82) is 0 Å². The predicted molar refractivity (Wildman–Crippen MR) is 145 cm³/mol. The monoisotopic (exact) mass is 572 g/mol. The summed E-state index contributed by atoms with van der Waals surface area (Å²) in [6.45, 7) is 4.06. The summed E-state index contributed by atoms with van der Waals surface area (Å²) in [5.74, 6) is -1.46. The van der Waals surface area contributed by atoms with Gasteiger partial charge in [-0.3, -0.25) is 14.9 Å². The molecule has 0 atom stereocenters. The number of ether oxygens (including phenoxy) is 3. The van der Waals surface area contributed by atoms with Gasteiger partial charge in [-0.05, 0) is 55.8 Å². The molecule has 1 aliphatic rings. The molecule has 1 N–H and O–H groups in total. The standard InChI is InChI=1S/C28H23Cl2FN2O6/c1-3-37-18-9-10-24(38-4-2)23(14-18)33-27(35)19(26(34)32-28(33)36)11-16-12-20(29)25(21(30)13-16)39-15-17-7-5-6-8-22(17)31/h5-14H,3-4,15H2,1-2H3,(H,32,34,36)/b19-11+. The number of anilines is 1. The fourth-order valence-corrected chi connectivity index (χ4v) is 4.43. The molecule has 0 spiro atoms. The van der Waals surface area contributed by atoms with Crippen LogP contribution in [0.1, 0.15) is 25.0 Å². The fourth-order valence-electron chi connectivity index (χ4n) is 3.81. The summed E-state index contributed by atoms with van der Waals surface area (Å²) >= 11 is 12.7. The number of rotatable bonds is 9. The lowest BCUT2D eigenvalue weighted by Crippen LogP contribution is -2.54. The van der Waals surface area contributed by atoms with Gasteiger partial charge in [0.05, 0.1) is 28.9 Å². The second-order valence-electron chi connectivity index (χ2n) is 8.15. The largest absolute Gasteiger partial charge is 0.494 e. The van der Waals surface area contributed by atoms with E-state index in [1.807, 2.05) is 0 Å². The normalized spacial score (nSPS) is 14.4. The van der Waals surface area contributed by atoms with Crippen LogP contribution in [0.5, 0.6) is 17.2 Å². The number of hydrogen-bond acceptors (Lipinski definition) is 6. The van der Waals surface area contributed by atoms with Gasteiger partial charge in [0.1, 0.15) is 29.5 Å². The fraction of sp³-hybridized carbons (Fsp3) is 0.179. The van der Waals surface area contributed by atoms with Crippen molar-refractivity contribution in [3.63, 3.8) is 0 Å². The van der Waals surface area contributed by atoms with Crippen LogP contribution in [0.25, 0.3) is 6.08 Å². The number of halogens is 3. The van der Waals surface area contributed by atoms with Gasteiger partial charge >= 0.3 is 6.03 Å². The number of imide groups is 2. The molecule has 0 unspecified atom stereocenters. The van der Waals surface area contributed by atoms with Gasteiger partial charge in [0.25, 0.3) is 11.8 Å². The highest BCUT2D eigenvalue weighted by molar-refractivity contribution is 6.40. The number of amides is 4. The molecular weight excluding hydrogens is 550 g/mol. The minimum atomic E-state index is -0.940. The molecule has 0 saturated carbocycles. The third kappa shape index (κ3) is 6.16. The maximum atomic E-state index is 13.9. The minimum absolute atomic E-state index is 0.0744. The van der Waals surface area contributed by atoms with Crippen LogP contribution in [0, 0.1) is 5.82 Å². The molecule has 8 nitrogen and oxygen atoms in total. The lowest BCUT2D eigenvalue weighted by atomic mass is 10.1. The Kier molecular flexibility index (Phi) is 8.73. The predicted octanol–water partition coefficient (Wildman–Crippen LogP) is 6.18. The molecule has 0 radical (unpaired) electrons. The molecule has 39 heavy (non-hydrogen) atoms. The highest BCUT2D eigenvalue weighted by Crippen LogP contribution is 2.37. The summed E-state index contributed by atoms with van der Waals surface area (Å²) in [7, 11) is 0. The van der Waals surface area contributed by atoms with Crippen LogP contribution in [0.2, 0.25) is 10.0 Å². The summed E-state index contributed by atoms with van der Waals surface area (Å²) in [5.41, 5.74) is 0.372. The molecule has 4 rings (SSSR count). The third-order valence-electron chi connectivity index (χ3n) is 5.55. The van der Waals surface area contributed by atoms with Crippen molar-refractivity contribution < 1.29 is 33.0 Å². The first-order valence-electron chi connectivity index (χ1n) is 11.9. The first kappa shape index (κ1) is 27.9. The molecule has 0 bridgehead atoms. The van der Waals surface area contributed by atoms with Gasteiger partial charge in [-0.15, -0.1) is 0 Å². The molecule has 1 saturated heterocycles. The number of benzene rings is 3. The van der Waals surface area contributed by atoms with Gasteiger partial charge < -0.3 is 14.2 Å². The highest BCUT2D eigenvalue weighted by Gasteiger charge is 2.38. The first-order valence-corrected chi connectivity index (χ1v) is 12.6. The molecule has 1 heterocycles. The number of nitrogens with zero attached hydrogens (tertiary/aromatic N) is 1. The molecule has 0 aliphatic carbocycles. The number of hydrogen-bond donors (Lipinski definition) is 1. The average Bonchev–Trinajstić information content (AvgIpc) is 2.88. The van der Waals surface area contributed by atoms with Crippen molar-refractivity contribution >= 4 is 52.8 Å². The smallest absolute Gasteiger partial charge is 0.336 e. The summed E-state index contributed by atoms with van der Waals surface area (Å²) in [6.07, 6.45) is 1.25. The van der Waals surface area contributed by atoms with Gasteiger partial charge in [-0.1, -0.05) is 41.4 Å². The number of carbonyl (C=O) groups is 3. The average molecular weight is 573 g/mol. The van der Waals surface area contributed by atoms with Crippen molar-refractivity contribution in [1.82, 2.24) is 5.32 Å². The van der Waals surface area contributed by atoms with Crippen LogP contribution in [-0.4, -0.2) is 31.1 Å². The SMILES string of the molecule is CCOc1ccc(OCC)c(N2C(=O)NC(=O)/C(=C\c3cc(Cl)c(OCc4ccccc4F)c(Cl)c3)C2=O)c1. The van der Waals surface area contributed by atoms with Crippen LogP contribution in [0.15, 0.2) is 60.2 Å². The van der Waals surface area contributed by atoms with E-state index in [1.165, 1.54) is 30.3 Å². The van der Waals surface area contributed by atoms with Crippen LogP contribution in [0.4, 0.5) is 14.9 Å². The molecule has 11 heteroatoms. The molecule has 1 aliphatic heterocycles. The Hall–Kier alpha value is -4.08. The second kappa shape index (κ2) is 12.2. The van der Waals surface area contributed by atoms with Crippen LogP contribution in [-0.2, 0) is 16.2 Å². The number of nitrogens with one attached hydrogen (secondary N) is 1.